The molecule has 0 N–H and O–H groups in total. The Kier molecular flexibility index (Phi) is 9.43. The van der Waals surface area contributed by atoms with E-state index >= 15 is 0 Å². The van der Waals surface area contributed by atoms with E-state index in [0.717, 1.165) is 18.4 Å². The average Bonchev–Trinajstić information content (AvgIpc) is 2.63. The monoisotopic (exact) mass is 422 g/mol. The Bertz CT molecular complexity index is 656. The zero-order valence-corrected chi connectivity index (χ0v) is 20.3. The second kappa shape index (κ2) is 10.8. The molecule has 164 valence electrons. The standard InChI is InChI=1S/C23H38O5Si/c1-10-19(28-29(8,9)23(3,4)5)12-11-17(2)27-22(24)15-18-13-20(25-6)16-21(14-18)26-7/h10,13-14,16-17,19H,1,11-12,15H2,2-9H3/t17-,19?/m1/s1. The maximum Gasteiger partial charge on any atom is 0.310 e. The van der Waals surface area contributed by atoms with E-state index in [1.54, 1.807) is 20.3 Å². The summed E-state index contributed by atoms with van der Waals surface area (Å²) >= 11 is 0. The van der Waals surface area contributed by atoms with Crippen molar-refractivity contribution in [1.29, 1.82) is 0 Å². The van der Waals surface area contributed by atoms with E-state index < -0.39 is 8.32 Å². The van der Waals surface area contributed by atoms with E-state index in [9.17, 15) is 4.79 Å². The van der Waals surface area contributed by atoms with Gasteiger partial charge < -0.3 is 18.6 Å². The fraction of sp³-hybridized carbons (Fsp3) is 0.609. The molecule has 1 aromatic rings. The van der Waals surface area contributed by atoms with Gasteiger partial charge >= 0.3 is 5.97 Å². The van der Waals surface area contributed by atoms with Gasteiger partial charge in [0.15, 0.2) is 8.32 Å². The molecule has 1 rings (SSSR count). The lowest BCUT2D eigenvalue weighted by Crippen LogP contribution is -2.43. The summed E-state index contributed by atoms with van der Waals surface area (Å²) in [6.45, 7) is 17.0. The van der Waals surface area contributed by atoms with Gasteiger partial charge in [-0.25, -0.2) is 0 Å². The molecular formula is C23H38O5Si. The quantitative estimate of drug-likeness (QED) is 0.266. The fourth-order valence-electron chi connectivity index (χ4n) is 2.64. The molecule has 2 atom stereocenters. The minimum atomic E-state index is -1.86. The van der Waals surface area contributed by atoms with E-state index in [-0.39, 0.29) is 29.6 Å². The largest absolute Gasteiger partial charge is 0.497 e. The molecule has 0 aliphatic carbocycles. The topological polar surface area (TPSA) is 54.0 Å². The van der Waals surface area contributed by atoms with Crippen molar-refractivity contribution < 1.29 is 23.4 Å². The van der Waals surface area contributed by atoms with Crippen molar-refractivity contribution in [2.45, 2.75) is 77.3 Å². The highest BCUT2D eigenvalue weighted by Crippen LogP contribution is 2.38. The van der Waals surface area contributed by atoms with Gasteiger partial charge in [0.25, 0.3) is 0 Å². The van der Waals surface area contributed by atoms with E-state index in [2.05, 4.69) is 40.4 Å². The zero-order valence-electron chi connectivity index (χ0n) is 19.3. The molecule has 0 aliphatic rings. The number of carbonyl (C=O) groups excluding carboxylic acids is 1. The number of hydrogen-bond acceptors (Lipinski definition) is 5. The van der Waals surface area contributed by atoms with Gasteiger partial charge in [0, 0.05) is 6.07 Å². The summed E-state index contributed by atoms with van der Waals surface area (Å²) in [4.78, 5) is 12.3. The van der Waals surface area contributed by atoms with Crippen LogP contribution >= 0.6 is 0 Å². The van der Waals surface area contributed by atoms with Gasteiger partial charge in [0.1, 0.15) is 11.5 Å². The number of rotatable bonds is 11. The second-order valence-corrected chi connectivity index (χ2v) is 13.7. The van der Waals surface area contributed by atoms with E-state index in [4.69, 9.17) is 18.6 Å². The molecule has 0 saturated heterocycles. The third-order valence-electron chi connectivity index (χ3n) is 5.47. The first-order valence-electron chi connectivity index (χ1n) is 10.1. The summed E-state index contributed by atoms with van der Waals surface area (Å²) in [7, 11) is 1.30. The van der Waals surface area contributed by atoms with Gasteiger partial charge in [-0.3, -0.25) is 4.79 Å². The predicted octanol–water partition coefficient (Wildman–Crippen LogP) is 5.53. The maximum absolute atomic E-state index is 12.3. The molecule has 0 amide bonds. The van der Waals surface area contributed by atoms with Crippen LogP contribution in [-0.4, -0.2) is 40.7 Å². The number of benzene rings is 1. The maximum atomic E-state index is 12.3. The van der Waals surface area contributed by atoms with Crippen molar-refractivity contribution >= 4 is 14.3 Å². The molecule has 0 heterocycles. The molecule has 0 spiro atoms. The van der Waals surface area contributed by atoms with Gasteiger partial charge in [0.05, 0.1) is 32.8 Å². The third-order valence-corrected chi connectivity index (χ3v) is 9.97. The van der Waals surface area contributed by atoms with Crippen LogP contribution in [0, 0.1) is 0 Å². The van der Waals surface area contributed by atoms with Crippen LogP contribution in [0.3, 0.4) is 0 Å². The molecule has 0 bridgehead atoms. The van der Waals surface area contributed by atoms with Gasteiger partial charge in [0.2, 0.25) is 0 Å². The number of esters is 1. The highest BCUT2D eigenvalue weighted by atomic mass is 28.4. The molecule has 29 heavy (non-hydrogen) atoms. The fourth-order valence-corrected chi connectivity index (χ4v) is 3.96. The van der Waals surface area contributed by atoms with Crippen molar-refractivity contribution in [2.75, 3.05) is 14.2 Å². The minimum absolute atomic E-state index is 0.0281. The molecule has 5 nitrogen and oxygen atoms in total. The van der Waals surface area contributed by atoms with Crippen molar-refractivity contribution in [2.24, 2.45) is 0 Å². The molecular weight excluding hydrogens is 384 g/mol. The van der Waals surface area contributed by atoms with Gasteiger partial charge in [-0.1, -0.05) is 26.8 Å². The van der Waals surface area contributed by atoms with Crippen molar-refractivity contribution in [1.82, 2.24) is 0 Å². The van der Waals surface area contributed by atoms with Crippen LogP contribution in [0.2, 0.25) is 18.1 Å². The lowest BCUT2D eigenvalue weighted by molar-refractivity contribution is -0.147. The Morgan fingerprint density at radius 3 is 2.10 bits per heavy atom. The molecule has 0 fully saturated rings. The number of carbonyl (C=O) groups is 1. The van der Waals surface area contributed by atoms with E-state index in [1.807, 2.05) is 25.1 Å². The molecule has 6 heteroatoms. The second-order valence-electron chi connectivity index (χ2n) is 8.93. The zero-order chi connectivity index (χ0) is 22.2. The summed E-state index contributed by atoms with van der Waals surface area (Å²) in [5, 5.41) is 0.143. The van der Waals surface area contributed by atoms with E-state index in [1.165, 1.54) is 0 Å². The Morgan fingerprint density at radius 1 is 1.10 bits per heavy atom. The number of hydrogen-bond donors (Lipinski definition) is 0. The molecule has 1 unspecified atom stereocenters. The minimum Gasteiger partial charge on any atom is -0.497 e. The lowest BCUT2D eigenvalue weighted by atomic mass is 10.1. The summed E-state index contributed by atoms with van der Waals surface area (Å²) < 4.78 is 22.5. The molecule has 0 saturated carbocycles. The number of ether oxygens (including phenoxy) is 3. The normalized spacial score (nSPS) is 14.1. The first-order chi connectivity index (χ1) is 13.4. The Hall–Kier alpha value is -1.79. The Balaban J connectivity index is 2.58. The van der Waals surface area contributed by atoms with Crippen LogP contribution in [0.15, 0.2) is 30.9 Å². The van der Waals surface area contributed by atoms with E-state index in [0.29, 0.717) is 11.5 Å². The third kappa shape index (κ3) is 8.23. The Labute approximate surface area is 177 Å². The van der Waals surface area contributed by atoms with Crippen LogP contribution in [0.5, 0.6) is 11.5 Å². The summed E-state index contributed by atoms with van der Waals surface area (Å²) in [5.74, 6) is 1.03. The van der Waals surface area contributed by atoms with Crippen LogP contribution in [0.4, 0.5) is 0 Å². The molecule has 0 aromatic heterocycles. The first kappa shape index (κ1) is 25.2. The van der Waals surface area contributed by atoms with Crippen LogP contribution in [0.25, 0.3) is 0 Å². The van der Waals surface area contributed by atoms with Crippen LogP contribution < -0.4 is 9.47 Å². The molecule has 0 aliphatic heterocycles. The smallest absolute Gasteiger partial charge is 0.310 e. The lowest BCUT2D eigenvalue weighted by Gasteiger charge is -2.38. The van der Waals surface area contributed by atoms with Crippen molar-refractivity contribution in [3.05, 3.63) is 36.4 Å². The molecule has 1 aromatic carbocycles. The van der Waals surface area contributed by atoms with Gasteiger partial charge in [-0.15, -0.1) is 6.58 Å². The number of methoxy groups -OCH3 is 2. The SMILES string of the molecule is C=CC(CC[C@@H](C)OC(=O)Cc1cc(OC)cc(OC)c1)O[Si](C)(C)C(C)(C)C. The van der Waals surface area contributed by atoms with Crippen molar-refractivity contribution in [3.63, 3.8) is 0 Å². The highest BCUT2D eigenvalue weighted by molar-refractivity contribution is 6.74. The van der Waals surface area contributed by atoms with Gasteiger partial charge in [-0.05, 0) is 55.6 Å². The predicted molar refractivity (Wildman–Crippen MR) is 120 cm³/mol. The van der Waals surface area contributed by atoms with Crippen molar-refractivity contribution in [3.8, 4) is 11.5 Å². The average molecular weight is 423 g/mol. The van der Waals surface area contributed by atoms with Gasteiger partial charge in [-0.2, -0.15) is 0 Å². The highest BCUT2D eigenvalue weighted by Gasteiger charge is 2.38. The summed E-state index contributed by atoms with van der Waals surface area (Å²) in [6.07, 6.45) is 3.30. The first-order valence-corrected chi connectivity index (χ1v) is 13.0. The summed E-state index contributed by atoms with van der Waals surface area (Å²) in [5.41, 5.74) is 0.795. The molecule has 0 radical (unpaired) electrons. The van der Waals surface area contributed by atoms with Crippen LogP contribution in [-0.2, 0) is 20.4 Å². The van der Waals surface area contributed by atoms with Crippen LogP contribution in [0.1, 0.15) is 46.1 Å². The Morgan fingerprint density at radius 2 is 1.66 bits per heavy atom. The summed E-state index contributed by atoms with van der Waals surface area (Å²) in [6, 6.07) is 5.40.